The first kappa shape index (κ1) is 14.8. The van der Waals surface area contributed by atoms with Gasteiger partial charge < -0.3 is 21.2 Å². The monoisotopic (exact) mass is 270 g/mol. The molecule has 0 aliphatic heterocycles. The number of oxime groups is 1. The van der Waals surface area contributed by atoms with Crippen LogP contribution >= 0.6 is 11.8 Å². The van der Waals surface area contributed by atoms with E-state index in [0.717, 1.165) is 5.56 Å². The maximum atomic E-state index is 9.26. The highest BCUT2D eigenvalue weighted by Gasteiger charge is 2.17. The number of benzene rings is 1. The van der Waals surface area contributed by atoms with Gasteiger partial charge in [0.2, 0.25) is 0 Å². The highest BCUT2D eigenvalue weighted by molar-refractivity contribution is 7.99. The van der Waals surface area contributed by atoms with E-state index in [1.54, 1.807) is 0 Å². The quantitative estimate of drug-likeness (QED) is 0.252. The minimum atomic E-state index is -0.737. The van der Waals surface area contributed by atoms with Crippen molar-refractivity contribution < 1.29 is 15.4 Å². The molecular formula is C12H18N2O3S. The van der Waals surface area contributed by atoms with E-state index in [-0.39, 0.29) is 18.4 Å². The second-order valence-electron chi connectivity index (χ2n) is 3.86. The molecule has 0 aliphatic rings. The van der Waals surface area contributed by atoms with Gasteiger partial charge in [0.15, 0.2) is 0 Å². The fourth-order valence-corrected chi connectivity index (χ4v) is 2.59. The molecule has 2 atom stereocenters. The van der Waals surface area contributed by atoms with Crippen molar-refractivity contribution in [1.29, 1.82) is 0 Å². The summed E-state index contributed by atoms with van der Waals surface area (Å²) in [6.07, 6.45) is -0.737. The molecule has 0 saturated carbocycles. The van der Waals surface area contributed by atoms with Gasteiger partial charge in [-0.25, -0.2) is 0 Å². The number of thioether (sulfide) groups is 1. The standard InChI is InChI=1S/C12H18N2O3S/c13-12(14-17)11(8-18-7-10(16)6-15)9-4-2-1-3-5-9/h1-5,10-11,15-17H,6-8H2,(H2,13,14). The Morgan fingerprint density at radius 3 is 2.50 bits per heavy atom. The fourth-order valence-electron chi connectivity index (χ4n) is 1.48. The second kappa shape index (κ2) is 7.97. The van der Waals surface area contributed by atoms with Crippen molar-refractivity contribution in [3.63, 3.8) is 0 Å². The number of aliphatic hydroxyl groups is 2. The minimum Gasteiger partial charge on any atom is -0.409 e. The normalized spacial score (nSPS) is 15.3. The Morgan fingerprint density at radius 2 is 1.94 bits per heavy atom. The van der Waals surface area contributed by atoms with Crippen molar-refractivity contribution in [3.05, 3.63) is 35.9 Å². The van der Waals surface area contributed by atoms with Crippen molar-refractivity contribution >= 4 is 17.6 Å². The third-order valence-corrected chi connectivity index (χ3v) is 3.67. The predicted molar refractivity (Wildman–Crippen MR) is 73.0 cm³/mol. The van der Waals surface area contributed by atoms with Crippen molar-refractivity contribution in [1.82, 2.24) is 0 Å². The molecule has 5 N–H and O–H groups in total. The maximum Gasteiger partial charge on any atom is 0.147 e. The molecular weight excluding hydrogens is 252 g/mol. The lowest BCUT2D eigenvalue weighted by Gasteiger charge is -2.16. The molecule has 0 aliphatic carbocycles. The number of hydrogen-bond acceptors (Lipinski definition) is 5. The smallest absolute Gasteiger partial charge is 0.147 e. The van der Waals surface area contributed by atoms with Gasteiger partial charge in [-0.1, -0.05) is 35.5 Å². The van der Waals surface area contributed by atoms with Crippen LogP contribution in [0.15, 0.2) is 35.5 Å². The Kier molecular flexibility index (Phi) is 6.56. The van der Waals surface area contributed by atoms with E-state index in [0.29, 0.717) is 11.5 Å². The summed E-state index contributed by atoms with van der Waals surface area (Å²) in [5, 5.41) is 29.8. The molecule has 1 rings (SSSR count). The zero-order chi connectivity index (χ0) is 13.4. The van der Waals surface area contributed by atoms with Crippen LogP contribution in [-0.4, -0.2) is 45.5 Å². The Labute approximate surface area is 110 Å². The molecule has 0 fully saturated rings. The molecule has 100 valence electrons. The van der Waals surface area contributed by atoms with Gasteiger partial charge in [0.05, 0.1) is 18.6 Å². The average molecular weight is 270 g/mol. The summed E-state index contributed by atoms with van der Waals surface area (Å²) in [7, 11) is 0. The largest absolute Gasteiger partial charge is 0.409 e. The van der Waals surface area contributed by atoms with Gasteiger partial charge in [0, 0.05) is 11.5 Å². The maximum absolute atomic E-state index is 9.26. The summed E-state index contributed by atoms with van der Waals surface area (Å²) in [6.45, 7) is -0.257. The van der Waals surface area contributed by atoms with Crippen LogP contribution in [0.25, 0.3) is 0 Å². The lowest BCUT2D eigenvalue weighted by molar-refractivity contribution is 0.113. The van der Waals surface area contributed by atoms with Crippen LogP contribution in [0.3, 0.4) is 0 Å². The van der Waals surface area contributed by atoms with Gasteiger partial charge >= 0.3 is 0 Å². The Balaban J connectivity index is 2.63. The van der Waals surface area contributed by atoms with Gasteiger partial charge in [0.1, 0.15) is 5.84 Å². The molecule has 6 heteroatoms. The van der Waals surface area contributed by atoms with Crippen molar-refractivity contribution in [2.45, 2.75) is 12.0 Å². The summed E-state index contributed by atoms with van der Waals surface area (Å²) in [5.74, 6) is 0.939. The van der Waals surface area contributed by atoms with Crippen molar-refractivity contribution in [2.75, 3.05) is 18.1 Å². The van der Waals surface area contributed by atoms with Crippen molar-refractivity contribution in [3.8, 4) is 0 Å². The topological polar surface area (TPSA) is 99.1 Å². The molecule has 0 heterocycles. The zero-order valence-electron chi connectivity index (χ0n) is 9.94. The Bertz CT molecular complexity index is 373. The number of rotatable bonds is 7. The van der Waals surface area contributed by atoms with E-state index in [1.165, 1.54) is 11.8 Å². The Morgan fingerprint density at radius 1 is 1.28 bits per heavy atom. The first-order valence-corrected chi connectivity index (χ1v) is 6.73. The van der Waals surface area contributed by atoms with E-state index < -0.39 is 6.10 Å². The van der Waals surface area contributed by atoms with Gasteiger partial charge in [-0.05, 0) is 5.56 Å². The zero-order valence-corrected chi connectivity index (χ0v) is 10.8. The third kappa shape index (κ3) is 4.56. The lowest BCUT2D eigenvalue weighted by atomic mass is 10.0. The van der Waals surface area contributed by atoms with E-state index in [4.69, 9.17) is 16.0 Å². The average Bonchev–Trinajstić information content (AvgIpc) is 2.43. The van der Waals surface area contributed by atoms with Crippen LogP contribution < -0.4 is 5.73 Å². The highest BCUT2D eigenvalue weighted by atomic mass is 32.2. The van der Waals surface area contributed by atoms with Crippen molar-refractivity contribution in [2.24, 2.45) is 10.9 Å². The number of aliphatic hydroxyl groups excluding tert-OH is 2. The molecule has 5 nitrogen and oxygen atoms in total. The van der Waals surface area contributed by atoms with Gasteiger partial charge in [-0.2, -0.15) is 11.8 Å². The number of hydrogen-bond donors (Lipinski definition) is 4. The summed E-state index contributed by atoms with van der Waals surface area (Å²) >= 11 is 1.45. The molecule has 0 bridgehead atoms. The molecule has 0 aromatic heterocycles. The fraction of sp³-hybridized carbons (Fsp3) is 0.417. The molecule has 0 spiro atoms. The Hall–Kier alpha value is -1.24. The molecule has 0 amide bonds. The molecule has 1 aromatic rings. The summed E-state index contributed by atoms with van der Waals surface area (Å²) in [6, 6.07) is 9.49. The van der Waals surface area contributed by atoms with Crippen LogP contribution in [0.1, 0.15) is 11.5 Å². The predicted octanol–water partition coefficient (Wildman–Crippen LogP) is 0.603. The molecule has 0 saturated heterocycles. The molecule has 18 heavy (non-hydrogen) atoms. The van der Waals surface area contributed by atoms with E-state index in [2.05, 4.69) is 5.16 Å². The van der Waals surface area contributed by atoms with Gasteiger partial charge in [-0.15, -0.1) is 0 Å². The first-order chi connectivity index (χ1) is 8.69. The second-order valence-corrected chi connectivity index (χ2v) is 4.94. The third-order valence-electron chi connectivity index (χ3n) is 2.48. The summed E-state index contributed by atoms with van der Waals surface area (Å²) < 4.78 is 0. The summed E-state index contributed by atoms with van der Waals surface area (Å²) in [4.78, 5) is 0. The summed E-state index contributed by atoms with van der Waals surface area (Å²) in [5.41, 5.74) is 6.63. The van der Waals surface area contributed by atoms with Crippen LogP contribution in [0.2, 0.25) is 0 Å². The molecule has 2 unspecified atom stereocenters. The van der Waals surface area contributed by atoms with Crippen LogP contribution in [0, 0.1) is 0 Å². The van der Waals surface area contributed by atoms with E-state index in [9.17, 15) is 5.11 Å². The van der Waals surface area contributed by atoms with E-state index in [1.807, 2.05) is 30.3 Å². The molecule has 0 radical (unpaired) electrons. The lowest BCUT2D eigenvalue weighted by Crippen LogP contribution is -2.25. The highest BCUT2D eigenvalue weighted by Crippen LogP contribution is 2.21. The van der Waals surface area contributed by atoms with Gasteiger partial charge in [0.25, 0.3) is 0 Å². The van der Waals surface area contributed by atoms with Gasteiger partial charge in [-0.3, -0.25) is 0 Å². The molecule has 1 aromatic carbocycles. The number of nitrogens with zero attached hydrogens (tertiary/aromatic N) is 1. The number of nitrogens with two attached hydrogens (primary N) is 1. The van der Waals surface area contributed by atoms with Crippen LogP contribution in [0.4, 0.5) is 0 Å². The first-order valence-electron chi connectivity index (χ1n) is 5.58. The minimum absolute atomic E-state index is 0.146. The van der Waals surface area contributed by atoms with Crippen LogP contribution in [0.5, 0.6) is 0 Å². The van der Waals surface area contributed by atoms with E-state index >= 15 is 0 Å². The number of amidine groups is 1. The SMILES string of the molecule is NC(=NO)C(CSCC(O)CO)c1ccccc1. The van der Waals surface area contributed by atoms with Crippen LogP contribution in [-0.2, 0) is 0 Å².